The maximum Gasteiger partial charge on any atom is 0.186 e. The van der Waals surface area contributed by atoms with E-state index >= 15 is 0 Å². The highest BCUT2D eigenvalue weighted by Gasteiger charge is 2.49. The molecule has 0 bridgehead atoms. The Balaban J connectivity index is 1.87. The predicted molar refractivity (Wildman–Crippen MR) is 154 cm³/mol. The van der Waals surface area contributed by atoms with Crippen LogP contribution in [0.25, 0.3) is 0 Å². The fourth-order valence-corrected chi connectivity index (χ4v) is 5.54. The van der Waals surface area contributed by atoms with Gasteiger partial charge in [0, 0.05) is 53.3 Å². The summed E-state index contributed by atoms with van der Waals surface area (Å²) in [4.78, 5) is 0. The molecule has 0 saturated carbocycles. The minimum absolute atomic E-state index is 0.00203. The Morgan fingerprint density at radius 1 is 0.780 bits per heavy atom. The van der Waals surface area contributed by atoms with Crippen LogP contribution < -0.4 is 0 Å². The summed E-state index contributed by atoms with van der Waals surface area (Å²) in [5, 5.41) is 9.82. The molecule has 0 amide bonds. The van der Waals surface area contributed by atoms with E-state index in [0.717, 1.165) is 11.1 Å². The Morgan fingerprint density at radius 2 is 1.37 bits per heavy atom. The highest BCUT2D eigenvalue weighted by molar-refractivity contribution is 5.14. The zero-order valence-corrected chi connectivity index (χ0v) is 25.2. The first-order valence-electron chi connectivity index (χ1n) is 14.2. The van der Waals surface area contributed by atoms with E-state index in [4.69, 9.17) is 37.9 Å². The fraction of sp³-hybridized carbons (Fsp3) is 0.625. The van der Waals surface area contributed by atoms with Gasteiger partial charge < -0.3 is 43.0 Å². The lowest BCUT2D eigenvalue weighted by atomic mass is 9.85. The van der Waals surface area contributed by atoms with Crippen LogP contribution in [-0.2, 0) is 51.1 Å². The zero-order chi connectivity index (χ0) is 29.6. The molecule has 230 valence electrons. The first-order chi connectivity index (χ1) is 20.0. The number of ether oxygens (including phenoxy) is 8. The molecule has 9 atom stereocenters. The summed E-state index contributed by atoms with van der Waals surface area (Å²) >= 11 is 0. The Hall–Kier alpha value is -1.92. The topological polar surface area (TPSA) is 94.1 Å². The monoisotopic (exact) mass is 576 g/mol. The SMILES string of the molecule is COCO[C@H](C[C@H]1O[C@H](OC)[C@H](OCc2ccccc2)[C@@H](OCc2ccccc2)[C@H]1OC)[C@H](C)[C@H](OC)[C@@H](C)CO. The van der Waals surface area contributed by atoms with Crippen LogP contribution in [0.2, 0.25) is 0 Å². The lowest BCUT2D eigenvalue weighted by Crippen LogP contribution is -2.61. The number of hydrogen-bond donors (Lipinski definition) is 1. The summed E-state index contributed by atoms with van der Waals surface area (Å²) in [5.41, 5.74) is 2.07. The third-order valence-electron chi connectivity index (χ3n) is 7.76. The lowest BCUT2D eigenvalue weighted by molar-refractivity contribution is -0.318. The zero-order valence-electron chi connectivity index (χ0n) is 25.2. The number of hydrogen-bond acceptors (Lipinski definition) is 9. The third-order valence-corrected chi connectivity index (χ3v) is 7.76. The summed E-state index contributed by atoms with van der Waals surface area (Å²) in [6.45, 7) is 4.85. The average Bonchev–Trinajstić information content (AvgIpc) is 3.01. The third kappa shape index (κ3) is 9.54. The van der Waals surface area contributed by atoms with Crippen molar-refractivity contribution in [3.8, 4) is 0 Å². The quantitative estimate of drug-likeness (QED) is 0.262. The summed E-state index contributed by atoms with van der Waals surface area (Å²) in [6, 6.07) is 20.0. The van der Waals surface area contributed by atoms with Crippen molar-refractivity contribution in [2.24, 2.45) is 11.8 Å². The van der Waals surface area contributed by atoms with Crippen LogP contribution >= 0.6 is 0 Å². The Kier molecular flexibility index (Phi) is 14.7. The van der Waals surface area contributed by atoms with Crippen molar-refractivity contribution >= 4 is 0 Å². The second kappa shape index (κ2) is 17.9. The smallest absolute Gasteiger partial charge is 0.186 e. The van der Waals surface area contributed by atoms with Crippen molar-refractivity contribution in [1.29, 1.82) is 0 Å². The number of rotatable bonds is 18. The van der Waals surface area contributed by atoms with Gasteiger partial charge in [-0.05, 0) is 11.1 Å². The van der Waals surface area contributed by atoms with Gasteiger partial charge >= 0.3 is 0 Å². The maximum atomic E-state index is 9.82. The van der Waals surface area contributed by atoms with Crippen LogP contribution in [0.4, 0.5) is 0 Å². The predicted octanol–water partition coefficient (Wildman–Crippen LogP) is 4.20. The first kappa shape index (κ1) is 33.6. The Labute approximate surface area is 244 Å². The maximum absolute atomic E-state index is 9.82. The van der Waals surface area contributed by atoms with Crippen LogP contribution in [0.15, 0.2) is 60.7 Å². The number of aliphatic hydroxyl groups excluding tert-OH is 1. The highest BCUT2D eigenvalue weighted by atomic mass is 16.7. The molecule has 1 aliphatic rings. The van der Waals surface area contributed by atoms with Gasteiger partial charge in [0.05, 0.1) is 31.5 Å². The summed E-state index contributed by atoms with van der Waals surface area (Å²) < 4.78 is 48.6. The number of methoxy groups -OCH3 is 4. The molecule has 2 aromatic rings. The highest BCUT2D eigenvalue weighted by Crippen LogP contribution is 2.34. The number of benzene rings is 2. The van der Waals surface area contributed by atoms with E-state index in [1.165, 1.54) is 0 Å². The fourth-order valence-electron chi connectivity index (χ4n) is 5.54. The van der Waals surface area contributed by atoms with Gasteiger partial charge in [-0.2, -0.15) is 0 Å². The molecule has 0 unspecified atom stereocenters. The molecule has 0 aliphatic carbocycles. The van der Waals surface area contributed by atoms with Crippen LogP contribution in [0.1, 0.15) is 31.4 Å². The lowest BCUT2D eigenvalue weighted by Gasteiger charge is -2.46. The van der Waals surface area contributed by atoms with Gasteiger partial charge in [-0.1, -0.05) is 74.5 Å². The average molecular weight is 577 g/mol. The van der Waals surface area contributed by atoms with E-state index in [0.29, 0.717) is 19.6 Å². The van der Waals surface area contributed by atoms with Crippen LogP contribution in [0.5, 0.6) is 0 Å². The second-order valence-electron chi connectivity index (χ2n) is 10.6. The minimum atomic E-state index is -0.705. The van der Waals surface area contributed by atoms with Crippen molar-refractivity contribution in [2.75, 3.05) is 41.8 Å². The summed E-state index contributed by atoms with van der Waals surface area (Å²) in [7, 11) is 6.50. The molecule has 0 radical (unpaired) electrons. The van der Waals surface area contributed by atoms with E-state index in [2.05, 4.69) is 0 Å². The van der Waals surface area contributed by atoms with Gasteiger partial charge in [0.15, 0.2) is 6.29 Å². The second-order valence-corrected chi connectivity index (χ2v) is 10.6. The standard InChI is InChI=1S/C32H48O9/c1-22(18-33)28(35-4)23(2)26(40-21-34-3)17-27-29(36-5)30(38-19-24-13-9-7-10-14-24)31(32(37-6)41-27)39-20-25-15-11-8-12-16-25/h7-16,22-23,26-33H,17-21H2,1-6H3/t22-,23-,26+,27+,28+,29-,30-,31+,32-/m0/s1. The molecule has 1 heterocycles. The van der Waals surface area contributed by atoms with Crippen molar-refractivity contribution in [1.82, 2.24) is 0 Å². The molecule has 1 N–H and O–H groups in total. The Bertz CT molecular complexity index is 947. The molecule has 9 heteroatoms. The van der Waals surface area contributed by atoms with Crippen LogP contribution in [-0.4, -0.2) is 89.9 Å². The van der Waals surface area contributed by atoms with Crippen molar-refractivity contribution in [3.05, 3.63) is 71.8 Å². The van der Waals surface area contributed by atoms with Gasteiger partial charge in [0.25, 0.3) is 0 Å². The molecule has 2 aromatic carbocycles. The van der Waals surface area contributed by atoms with E-state index in [9.17, 15) is 5.11 Å². The number of aliphatic hydroxyl groups is 1. The molecule has 9 nitrogen and oxygen atoms in total. The van der Waals surface area contributed by atoms with Crippen molar-refractivity contribution in [3.63, 3.8) is 0 Å². The molecule has 1 fully saturated rings. The Morgan fingerprint density at radius 3 is 1.85 bits per heavy atom. The molecule has 3 rings (SSSR count). The van der Waals surface area contributed by atoms with E-state index < -0.39 is 30.7 Å². The van der Waals surface area contributed by atoms with Gasteiger partial charge in [-0.3, -0.25) is 0 Å². The molecule has 0 spiro atoms. The minimum Gasteiger partial charge on any atom is -0.396 e. The largest absolute Gasteiger partial charge is 0.396 e. The van der Waals surface area contributed by atoms with Gasteiger partial charge in [0.2, 0.25) is 0 Å². The molecular weight excluding hydrogens is 528 g/mol. The summed E-state index contributed by atoms with van der Waals surface area (Å²) in [6.07, 6.45) is -2.80. The molecular formula is C32H48O9. The van der Waals surface area contributed by atoms with Crippen LogP contribution in [0, 0.1) is 11.8 Å². The molecule has 0 aromatic heterocycles. The van der Waals surface area contributed by atoms with Crippen LogP contribution in [0.3, 0.4) is 0 Å². The molecule has 1 saturated heterocycles. The summed E-state index contributed by atoms with van der Waals surface area (Å²) in [5.74, 6) is -0.172. The molecule has 41 heavy (non-hydrogen) atoms. The van der Waals surface area contributed by atoms with Gasteiger partial charge in [-0.15, -0.1) is 0 Å². The first-order valence-corrected chi connectivity index (χ1v) is 14.2. The van der Waals surface area contributed by atoms with E-state index in [1.807, 2.05) is 74.5 Å². The normalized spacial score (nSPS) is 25.9. The van der Waals surface area contributed by atoms with Gasteiger partial charge in [0.1, 0.15) is 25.1 Å². The van der Waals surface area contributed by atoms with Crippen molar-refractivity contribution < 1.29 is 43.0 Å². The van der Waals surface area contributed by atoms with E-state index in [1.54, 1.807) is 28.4 Å². The van der Waals surface area contributed by atoms with E-state index in [-0.39, 0.29) is 37.4 Å². The molecule has 1 aliphatic heterocycles. The van der Waals surface area contributed by atoms with Crippen molar-refractivity contribution in [2.45, 2.75) is 76.4 Å². The van der Waals surface area contributed by atoms with Gasteiger partial charge in [-0.25, -0.2) is 0 Å².